The summed E-state index contributed by atoms with van der Waals surface area (Å²) in [6.45, 7) is 3.27. The van der Waals surface area contributed by atoms with Gasteiger partial charge in [0.05, 0.1) is 48.2 Å². The van der Waals surface area contributed by atoms with E-state index in [1.807, 2.05) is 6.26 Å². The smallest absolute Gasteiger partial charge is 0.416 e. The molecule has 2 aromatic carbocycles. The van der Waals surface area contributed by atoms with Crippen molar-refractivity contribution in [1.29, 1.82) is 0 Å². The Morgan fingerprint density at radius 2 is 1.56 bits per heavy atom. The van der Waals surface area contributed by atoms with E-state index in [1.54, 1.807) is 11.8 Å². The quantitative estimate of drug-likeness (QED) is 0.119. The third-order valence-electron chi connectivity index (χ3n) is 9.23. The standard InChI is InChI=1S/C36H39F9N4O4S/c1-4-48(19-22-5-6-23(15-32(51)52)31(50)11-22)30-8-7-26(34(37,38)39)14-25(30)20-49(33-46-17-29(18-47-33)53-9-10-54-3)21(2)24-12-27(35(40,41)42)16-28(13-24)36(43,44)45/h7-8,12-14,16-18,21-23H,4-6,9-11,15,19-20H2,1-3H3,(H,51,52)/t21-,22-,23+/m0/s1. The molecule has 1 fully saturated rings. The highest BCUT2D eigenvalue weighted by Crippen LogP contribution is 2.41. The maximum Gasteiger partial charge on any atom is 0.416 e. The lowest BCUT2D eigenvalue weighted by Crippen LogP contribution is -2.36. The predicted octanol–water partition coefficient (Wildman–Crippen LogP) is 9.33. The molecule has 18 heteroatoms. The minimum atomic E-state index is -5.16. The zero-order valence-electron chi connectivity index (χ0n) is 29.5. The largest absolute Gasteiger partial charge is 0.489 e. The Balaban J connectivity index is 1.81. The van der Waals surface area contributed by atoms with Crippen LogP contribution in [0.4, 0.5) is 51.1 Å². The molecular weight excluding hydrogens is 755 g/mol. The molecule has 0 spiro atoms. The van der Waals surface area contributed by atoms with Gasteiger partial charge in [-0.2, -0.15) is 51.3 Å². The van der Waals surface area contributed by atoms with Gasteiger partial charge in [0.1, 0.15) is 5.78 Å². The number of rotatable bonds is 15. The van der Waals surface area contributed by atoms with E-state index in [9.17, 15) is 49.1 Å². The molecule has 0 unspecified atom stereocenters. The van der Waals surface area contributed by atoms with Crippen LogP contribution in [0.15, 0.2) is 48.8 Å². The number of carboxylic acid groups (broad SMARTS) is 1. The van der Waals surface area contributed by atoms with Crippen LogP contribution < -0.4 is 14.5 Å². The number of benzene rings is 2. The third-order valence-corrected chi connectivity index (χ3v) is 9.80. The van der Waals surface area contributed by atoms with Crippen molar-refractivity contribution in [2.24, 2.45) is 11.8 Å². The van der Waals surface area contributed by atoms with E-state index in [2.05, 4.69) is 9.97 Å². The first-order valence-corrected chi connectivity index (χ1v) is 18.3. The molecule has 1 heterocycles. The molecule has 1 N–H and O–H groups in total. The number of ketones is 1. The second-order valence-corrected chi connectivity index (χ2v) is 14.0. The maximum atomic E-state index is 14.1. The molecule has 1 aliphatic rings. The summed E-state index contributed by atoms with van der Waals surface area (Å²) in [6, 6.07) is 2.70. The first-order valence-electron chi connectivity index (χ1n) is 16.9. The Bertz CT molecular complexity index is 1720. The fourth-order valence-corrected chi connectivity index (χ4v) is 6.63. The number of aromatic nitrogens is 2. The molecular formula is C36H39F9N4O4S. The van der Waals surface area contributed by atoms with Crippen LogP contribution in [0.25, 0.3) is 0 Å². The van der Waals surface area contributed by atoms with Gasteiger partial charge in [-0.1, -0.05) is 0 Å². The zero-order chi connectivity index (χ0) is 40.0. The topological polar surface area (TPSA) is 95.9 Å². The second-order valence-electron chi connectivity index (χ2n) is 13.0. The van der Waals surface area contributed by atoms with Crippen molar-refractivity contribution < 1.29 is 58.9 Å². The summed E-state index contributed by atoms with van der Waals surface area (Å²) in [5.41, 5.74) is -4.34. The summed E-state index contributed by atoms with van der Waals surface area (Å²) in [7, 11) is 0. The van der Waals surface area contributed by atoms with E-state index < -0.39 is 65.3 Å². The van der Waals surface area contributed by atoms with E-state index in [0.717, 1.165) is 12.1 Å². The number of hydrogen-bond donors (Lipinski definition) is 1. The molecule has 0 saturated heterocycles. The molecule has 1 aromatic heterocycles. The molecule has 1 aliphatic carbocycles. The van der Waals surface area contributed by atoms with Gasteiger partial charge in [0.2, 0.25) is 5.95 Å². The monoisotopic (exact) mass is 794 g/mol. The van der Waals surface area contributed by atoms with Gasteiger partial charge < -0.3 is 19.6 Å². The van der Waals surface area contributed by atoms with Gasteiger partial charge in [-0.25, -0.2) is 9.97 Å². The average molecular weight is 795 g/mol. The summed E-state index contributed by atoms with van der Waals surface area (Å²) >= 11 is 1.50. The molecule has 4 rings (SSSR count). The Labute approximate surface area is 310 Å². The highest BCUT2D eigenvalue weighted by Gasteiger charge is 2.39. The van der Waals surface area contributed by atoms with Crippen molar-refractivity contribution in [3.05, 3.63) is 76.6 Å². The van der Waals surface area contributed by atoms with Crippen molar-refractivity contribution in [3.63, 3.8) is 0 Å². The number of hydrogen-bond acceptors (Lipinski definition) is 8. The summed E-state index contributed by atoms with van der Waals surface area (Å²) in [6.07, 6.45) is -10.2. The lowest BCUT2D eigenvalue weighted by molar-refractivity contribution is -0.143. The highest BCUT2D eigenvalue weighted by molar-refractivity contribution is 7.98. The Kier molecular flexibility index (Phi) is 13.8. The molecule has 1 saturated carbocycles. The Hall–Kier alpha value is -4.22. The number of carboxylic acids is 1. The predicted molar refractivity (Wildman–Crippen MR) is 184 cm³/mol. The van der Waals surface area contributed by atoms with Crippen LogP contribution in [-0.4, -0.2) is 58.5 Å². The van der Waals surface area contributed by atoms with Crippen LogP contribution >= 0.6 is 11.8 Å². The Morgan fingerprint density at radius 1 is 0.944 bits per heavy atom. The van der Waals surface area contributed by atoms with Crippen LogP contribution in [-0.2, 0) is 34.7 Å². The van der Waals surface area contributed by atoms with Crippen LogP contribution in [0.3, 0.4) is 0 Å². The zero-order valence-corrected chi connectivity index (χ0v) is 30.3. The SMILES string of the molecule is CCN(C[C@H]1CC[C@H](CC(=O)O)C(=O)C1)c1ccc(C(F)(F)F)cc1CN(c1ncc(OCCSC)cn1)[C@@H](C)c1cc(C(F)(F)F)cc(C(F)(F)F)c1. The number of anilines is 2. The maximum absolute atomic E-state index is 14.1. The van der Waals surface area contributed by atoms with Gasteiger partial charge in [0.25, 0.3) is 0 Å². The van der Waals surface area contributed by atoms with E-state index in [-0.39, 0.29) is 73.3 Å². The Morgan fingerprint density at radius 3 is 2.07 bits per heavy atom. The van der Waals surface area contributed by atoms with Crippen molar-refractivity contribution >= 4 is 35.2 Å². The van der Waals surface area contributed by atoms with Crippen molar-refractivity contribution in [1.82, 2.24) is 9.97 Å². The highest BCUT2D eigenvalue weighted by atomic mass is 32.2. The number of alkyl halides is 9. The van der Waals surface area contributed by atoms with Gasteiger partial charge in [-0.3, -0.25) is 9.59 Å². The number of halogens is 9. The number of carbonyl (C=O) groups excluding carboxylic acids is 1. The fourth-order valence-electron chi connectivity index (χ4n) is 6.38. The van der Waals surface area contributed by atoms with Crippen LogP contribution in [0.1, 0.15) is 73.4 Å². The molecule has 0 amide bonds. The first kappa shape index (κ1) is 42.5. The third kappa shape index (κ3) is 11.2. The van der Waals surface area contributed by atoms with Crippen molar-refractivity contribution in [3.8, 4) is 5.75 Å². The van der Waals surface area contributed by atoms with E-state index in [0.29, 0.717) is 30.7 Å². The number of nitrogens with zero attached hydrogens (tertiary/aromatic N) is 4. The number of ether oxygens (including phenoxy) is 1. The normalized spacial score (nSPS) is 17.3. The molecule has 0 aliphatic heterocycles. The molecule has 3 atom stereocenters. The van der Waals surface area contributed by atoms with Crippen LogP contribution in [0, 0.1) is 11.8 Å². The molecule has 0 radical (unpaired) electrons. The minimum Gasteiger partial charge on any atom is -0.489 e. The molecule has 296 valence electrons. The van der Waals surface area contributed by atoms with Gasteiger partial charge in [0.15, 0.2) is 5.75 Å². The summed E-state index contributed by atoms with van der Waals surface area (Å²) in [5, 5.41) is 9.15. The van der Waals surface area contributed by atoms with Crippen molar-refractivity contribution in [2.75, 3.05) is 41.5 Å². The van der Waals surface area contributed by atoms with Crippen LogP contribution in [0.5, 0.6) is 5.75 Å². The van der Waals surface area contributed by atoms with Crippen LogP contribution in [0.2, 0.25) is 0 Å². The average Bonchev–Trinajstić information content (AvgIpc) is 3.09. The van der Waals surface area contributed by atoms with E-state index in [4.69, 9.17) is 9.84 Å². The van der Waals surface area contributed by atoms with E-state index in [1.165, 1.54) is 42.0 Å². The van der Waals surface area contributed by atoms with Gasteiger partial charge in [0, 0.05) is 43.4 Å². The fraction of sp³-hybridized carbons (Fsp3) is 0.500. The number of Topliss-reactive ketones (excluding diaryl/α,β-unsaturated/α-hetero) is 1. The lowest BCUT2D eigenvalue weighted by Gasteiger charge is -2.35. The summed E-state index contributed by atoms with van der Waals surface area (Å²) in [5.74, 6) is -1.61. The second kappa shape index (κ2) is 17.5. The van der Waals surface area contributed by atoms with Gasteiger partial charge >= 0.3 is 24.5 Å². The summed E-state index contributed by atoms with van der Waals surface area (Å²) in [4.78, 5) is 35.5. The number of aliphatic carboxylic acids is 1. The number of carbonyl (C=O) groups is 2. The number of thioether (sulfide) groups is 1. The molecule has 3 aromatic rings. The van der Waals surface area contributed by atoms with Gasteiger partial charge in [-0.15, -0.1) is 0 Å². The van der Waals surface area contributed by atoms with E-state index >= 15 is 0 Å². The summed E-state index contributed by atoms with van der Waals surface area (Å²) < 4.78 is 131. The molecule has 0 bridgehead atoms. The lowest BCUT2D eigenvalue weighted by atomic mass is 9.79. The van der Waals surface area contributed by atoms with Crippen molar-refractivity contribution in [2.45, 2.75) is 70.6 Å². The molecule has 54 heavy (non-hydrogen) atoms. The minimum absolute atomic E-state index is 0.0105. The van der Waals surface area contributed by atoms with Gasteiger partial charge in [-0.05, 0) is 86.4 Å². The molecule has 8 nitrogen and oxygen atoms in total. The first-order chi connectivity index (χ1) is 25.2.